The lowest BCUT2D eigenvalue weighted by Gasteiger charge is -2.18. The molecule has 0 radical (unpaired) electrons. The highest BCUT2D eigenvalue weighted by molar-refractivity contribution is 7.99. The topological polar surface area (TPSA) is 39.9 Å². The summed E-state index contributed by atoms with van der Waals surface area (Å²) in [4.78, 5) is 1.12. The number of hydrogen-bond donors (Lipinski definition) is 0. The summed E-state index contributed by atoms with van der Waals surface area (Å²) in [6, 6.07) is 14.0. The van der Waals surface area contributed by atoms with Gasteiger partial charge in [0.1, 0.15) is 16.5 Å². The number of aromatic nitrogens is 3. The van der Waals surface area contributed by atoms with Gasteiger partial charge in [-0.15, -0.1) is 5.10 Å². The Balaban J connectivity index is 1.82. The van der Waals surface area contributed by atoms with E-state index in [0.717, 1.165) is 15.6 Å². The molecule has 0 fully saturated rings. The third kappa shape index (κ3) is 4.17. The molecule has 0 spiro atoms. The molecule has 0 saturated heterocycles. The van der Waals surface area contributed by atoms with Gasteiger partial charge in [0.2, 0.25) is 0 Å². The van der Waals surface area contributed by atoms with Crippen LogP contribution in [0.3, 0.4) is 0 Å². The van der Waals surface area contributed by atoms with Crippen LogP contribution in [0.2, 0.25) is 5.02 Å². The van der Waals surface area contributed by atoms with Gasteiger partial charge in [-0.05, 0) is 41.3 Å². The molecule has 3 rings (SSSR count). The second kappa shape index (κ2) is 7.10. The van der Waals surface area contributed by atoms with Crippen LogP contribution in [0.1, 0.15) is 26.3 Å². The van der Waals surface area contributed by atoms with Gasteiger partial charge in [-0.3, -0.25) is 0 Å². The van der Waals surface area contributed by atoms with E-state index in [4.69, 9.17) is 16.3 Å². The fraction of sp³-hybridized carbons (Fsp3) is 0.263. The van der Waals surface area contributed by atoms with Crippen LogP contribution in [-0.2, 0) is 5.41 Å². The summed E-state index contributed by atoms with van der Waals surface area (Å²) < 4.78 is 7.05. The van der Waals surface area contributed by atoms with Crippen LogP contribution in [0.5, 0.6) is 5.75 Å². The number of nitrogens with zero attached hydrogens (tertiary/aromatic N) is 3. The Bertz CT molecular complexity index is 869. The minimum Gasteiger partial charge on any atom is -0.494 e. The number of hydrogen-bond acceptors (Lipinski definition) is 4. The first-order valence-electron chi connectivity index (χ1n) is 7.91. The predicted octanol–water partition coefficient (Wildman–Crippen LogP) is 5.38. The molecule has 3 aromatic rings. The molecule has 4 nitrogen and oxygen atoms in total. The van der Waals surface area contributed by atoms with E-state index in [1.807, 2.05) is 18.3 Å². The third-order valence-electron chi connectivity index (χ3n) is 3.80. The quantitative estimate of drug-likeness (QED) is 0.615. The van der Waals surface area contributed by atoms with Crippen LogP contribution in [-0.4, -0.2) is 22.1 Å². The SMILES string of the molecule is COc1ccc(Cl)cc1-n1cc(Sc2ccc(C(C)(C)C)cc2)nn1. The molecule has 1 aromatic heterocycles. The first-order chi connectivity index (χ1) is 11.9. The lowest BCUT2D eigenvalue weighted by atomic mass is 9.87. The Morgan fingerprint density at radius 2 is 1.80 bits per heavy atom. The first kappa shape index (κ1) is 17.8. The zero-order valence-electron chi connectivity index (χ0n) is 14.7. The maximum Gasteiger partial charge on any atom is 0.144 e. The number of ether oxygens (including phenoxy) is 1. The highest BCUT2D eigenvalue weighted by atomic mass is 35.5. The normalized spacial score (nSPS) is 11.6. The Labute approximate surface area is 157 Å². The van der Waals surface area contributed by atoms with E-state index in [1.54, 1.807) is 29.6 Å². The minimum atomic E-state index is 0.148. The Morgan fingerprint density at radius 3 is 2.44 bits per heavy atom. The minimum absolute atomic E-state index is 0.148. The summed E-state index contributed by atoms with van der Waals surface area (Å²) in [6.07, 6.45) is 1.87. The van der Waals surface area contributed by atoms with Crippen molar-refractivity contribution >= 4 is 23.4 Å². The van der Waals surface area contributed by atoms with Crippen molar-refractivity contribution in [2.75, 3.05) is 7.11 Å². The Morgan fingerprint density at radius 1 is 1.08 bits per heavy atom. The lowest BCUT2D eigenvalue weighted by Crippen LogP contribution is -2.10. The zero-order valence-corrected chi connectivity index (χ0v) is 16.2. The molecule has 0 aliphatic rings. The van der Waals surface area contributed by atoms with E-state index in [1.165, 1.54) is 5.56 Å². The summed E-state index contributed by atoms with van der Waals surface area (Å²) in [5, 5.41) is 9.87. The fourth-order valence-corrected chi connectivity index (χ4v) is 3.31. The maximum absolute atomic E-state index is 6.09. The van der Waals surface area contributed by atoms with Gasteiger partial charge in [0.25, 0.3) is 0 Å². The van der Waals surface area contributed by atoms with Crippen molar-refractivity contribution in [3.8, 4) is 11.4 Å². The van der Waals surface area contributed by atoms with Crippen LogP contribution in [0.25, 0.3) is 5.69 Å². The molecule has 130 valence electrons. The largest absolute Gasteiger partial charge is 0.494 e. The molecule has 0 aliphatic carbocycles. The molecule has 1 heterocycles. The number of benzene rings is 2. The number of rotatable bonds is 4. The maximum atomic E-state index is 6.09. The molecule has 0 N–H and O–H groups in total. The van der Waals surface area contributed by atoms with Crippen molar-refractivity contribution in [1.29, 1.82) is 0 Å². The zero-order chi connectivity index (χ0) is 18.0. The second-order valence-corrected chi connectivity index (χ2v) is 8.22. The van der Waals surface area contributed by atoms with Gasteiger partial charge in [0.15, 0.2) is 0 Å². The van der Waals surface area contributed by atoms with Gasteiger partial charge in [-0.2, -0.15) is 0 Å². The van der Waals surface area contributed by atoms with Crippen molar-refractivity contribution in [1.82, 2.24) is 15.0 Å². The molecule has 0 unspecified atom stereocenters. The summed E-state index contributed by atoms with van der Waals surface area (Å²) in [7, 11) is 1.62. The summed E-state index contributed by atoms with van der Waals surface area (Å²) in [6.45, 7) is 6.62. The van der Waals surface area contributed by atoms with E-state index in [9.17, 15) is 0 Å². The van der Waals surface area contributed by atoms with Gasteiger partial charge >= 0.3 is 0 Å². The monoisotopic (exact) mass is 373 g/mol. The van der Waals surface area contributed by atoms with Crippen LogP contribution in [0.4, 0.5) is 0 Å². The number of methoxy groups -OCH3 is 1. The second-order valence-electron chi connectivity index (χ2n) is 6.69. The molecule has 2 aromatic carbocycles. The highest BCUT2D eigenvalue weighted by Crippen LogP contribution is 2.31. The van der Waals surface area contributed by atoms with Crippen molar-refractivity contribution in [2.45, 2.75) is 36.1 Å². The standard InChI is InChI=1S/C19H20ClN3OS/c1-19(2,3)13-5-8-15(9-6-13)25-18-12-23(22-21-18)16-11-14(20)7-10-17(16)24-4/h5-12H,1-4H3. The number of halogens is 1. The Kier molecular flexibility index (Phi) is 5.06. The van der Waals surface area contributed by atoms with Crippen LogP contribution >= 0.6 is 23.4 Å². The van der Waals surface area contributed by atoms with E-state index < -0.39 is 0 Å². The fourth-order valence-electron chi connectivity index (χ4n) is 2.40. The average molecular weight is 374 g/mol. The van der Waals surface area contributed by atoms with Gasteiger partial charge in [-0.25, -0.2) is 4.68 Å². The smallest absolute Gasteiger partial charge is 0.144 e. The summed E-state index contributed by atoms with van der Waals surface area (Å²) >= 11 is 7.66. The van der Waals surface area contributed by atoms with Crippen LogP contribution in [0.15, 0.2) is 58.6 Å². The van der Waals surface area contributed by atoms with E-state index in [0.29, 0.717) is 10.8 Å². The van der Waals surface area contributed by atoms with Crippen molar-refractivity contribution in [2.24, 2.45) is 0 Å². The summed E-state index contributed by atoms with van der Waals surface area (Å²) in [5.74, 6) is 0.695. The van der Waals surface area contributed by atoms with E-state index in [2.05, 4.69) is 55.3 Å². The van der Waals surface area contributed by atoms with Crippen LogP contribution in [0, 0.1) is 0 Å². The van der Waals surface area contributed by atoms with Crippen molar-refractivity contribution in [3.05, 3.63) is 59.2 Å². The van der Waals surface area contributed by atoms with Gasteiger partial charge < -0.3 is 4.74 Å². The first-order valence-corrected chi connectivity index (χ1v) is 9.11. The molecule has 25 heavy (non-hydrogen) atoms. The van der Waals surface area contributed by atoms with E-state index in [-0.39, 0.29) is 5.41 Å². The average Bonchev–Trinajstić information content (AvgIpc) is 3.03. The van der Waals surface area contributed by atoms with Gasteiger partial charge in [-0.1, -0.05) is 61.5 Å². The summed E-state index contributed by atoms with van der Waals surface area (Å²) in [5.41, 5.74) is 2.22. The van der Waals surface area contributed by atoms with Crippen molar-refractivity contribution < 1.29 is 4.74 Å². The van der Waals surface area contributed by atoms with Crippen LogP contribution < -0.4 is 4.74 Å². The van der Waals surface area contributed by atoms with Gasteiger partial charge in [0.05, 0.1) is 13.3 Å². The third-order valence-corrected chi connectivity index (χ3v) is 4.94. The highest BCUT2D eigenvalue weighted by Gasteiger charge is 2.14. The molecule has 0 amide bonds. The van der Waals surface area contributed by atoms with Crippen molar-refractivity contribution in [3.63, 3.8) is 0 Å². The molecular formula is C19H20ClN3OS. The molecule has 0 aliphatic heterocycles. The molecule has 0 saturated carbocycles. The predicted molar refractivity (Wildman–Crippen MR) is 102 cm³/mol. The molecule has 0 atom stereocenters. The Hall–Kier alpha value is -1.98. The molecule has 6 heteroatoms. The molecule has 0 bridgehead atoms. The molecular weight excluding hydrogens is 354 g/mol. The van der Waals surface area contributed by atoms with Gasteiger partial charge in [0, 0.05) is 9.92 Å². The van der Waals surface area contributed by atoms with E-state index >= 15 is 0 Å². The lowest BCUT2D eigenvalue weighted by molar-refractivity contribution is 0.411.